The number of nitrogens with one attached hydrogen (secondary N) is 1. The van der Waals surface area contributed by atoms with E-state index in [0.717, 1.165) is 18.9 Å². The third kappa shape index (κ3) is 4.75. The summed E-state index contributed by atoms with van der Waals surface area (Å²) < 4.78 is 0. The van der Waals surface area contributed by atoms with Crippen LogP contribution >= 0.6 is 11.3 Å². The topological polar surface area (TPSA) is 12.0 Å². The van der Waals surface area contributed by atoms with Crippen LogP contribution in [0.2, 0.25) is 0 Å². The standard InChI is InChI=1S/C18H29NS/c1-4-17-10-11-18(20-17)12-16(13-19-14(2)3)15-8-6-5-7-9-15/h10-12,14-15,19H,4-9,13H2,1-3H3/b16-12-. The van der Waals surface area contributed by atoms with Crippen LogP contribution in [0.3, 0.4) is 0 Å². The molecule has 0 atom stereocenters. The monoisotopic (exact) mass is 291 g/mol. The lowest BCUT2D eigenvalue weighted by atomic mass is 9.83. The fourth-order valence-electron chi connectivity index (χ4n) is 2.95. The molecule has 2 heteroatoms. The fourth-order valence-corrected chi connectivity index (χ4v) is 3.88. The van der Waals surface area contributed by atoms with E-state index in [4.69, 9.17) is 0 Å². The largest absolute Gasteiger partial charge is 0.311 e. The van der Waals surface area contributed by atoms with E-state index in [1.54, 1.807) is 5.57 Å². The first-order valence-electron chi connectivity index (χ1n) is 8.21. The first-order chi connectivity index (χ1) is 9.69. The zero-order chi connectivity index (χ0) is 14.4. The molecule has 0 unspecified atom stereocenters. The molecular formula is C18H29NS. The zero-order valence-corrected chi connectivity index (χ0v) is 14.1. The predicted octanol–water partition coefficient (Wildman–Crippen LogP) is 5.27. The molecule has 0 aromatic carbocycles. The smallest absolute Gasteiger partial charge is 0.0273 e. The minimum Gasteiger partial charge on any atom is -0.311 e. The molecule has 1 aromatic heterocycles. The van der Waals surface area contributed by atoms with Crippen LogP contribution in [0.25, 0.3) is 6.08 Å². The van der Waals surface area contributed by atoms with Gasteiger partial charge in [0.1, 0.15) is 0 Å². The second kappa shape index (κ2) is 7.99. The Kier molecular flexibility index (Phi) is 6.31. The second-order valence-corrected chi connectivity index (χ2v) is 7.45. The molecular weight excluding hydrogens is 262 g/mol. The summed E-state index contributed by atoms with van der Waals surface area (Å²) in [4.78, 5) is 2.93. The maximum atomic E-state index is 3.62. The Bertz CT molecular complexity index is 424. The molecule has 1 N–H and O–H groups in total. The van der Waals surface area contributed by atoms with Crippen molar-refractivity contribution in [2.24, 2.45) is 5.92 Å². The molecule has 1 saturated carbocycles. The van der Waals surface area contributed by atoms with Crippen LogP contribution in [-0.2, 0) is 6.42 Å². The lowest BCUT2D eigenvalue weighted by molar-refractivity contribution is 0.394. The van der Waals surface area contributed by atoms with E-state index in [0.29, 0.717) is 6.04 Å². The predicted molar refractivity (Wildman–Crippen MR) is 91.4 cm³/mol. The van der Waals surface area contributed by atoms with Gasteiger partial charge in [-0.15, -0.1) is 11.3 Å². The summed E-state index contributed by atoms with van der Waals surface area (Å²) in [7, 11) is 0. The van der Waals surface area contributed by atoms with Crippen LogP contribution in [0.4, 0.5) is 0 Å². The van der Waals surface area contributed by atoms with E-state index in [1.165, 1.54) is 41.9 Å². The highest BCUT2D eigenvalue weighted by molar-refractivity contribution is 7.12. The van der Waals surface area contributed by atoms with Gasteiger partial charge in [0, 0.05) is 22.3 Å². The highest BCUT2D eigenvalue weighted by Gasteiger charge is 2.18. The molecule has 0 spiro atoms. The van der Waals surface area contributed by atoms with Gasteiger partial charge in [0.15, 0.2) is 0 Å². The van der Waals surface area contributed by atoms with Gasteiger partial charge < -0.3 is 5.32 Å². The van der Waals surface area contributed by atoms with Crippen LogP contribution in [0.5, 0.6) is 0 Å². The highest BCUT2D eigenvalue weighted by Crippen LogP contribution is 2.31. The van der Waals surface area contributed by atoms with Crippen molar-refractivity contribution in [3.05, 3.63) is 27.5 Å². The molecule has 0 bridgehead atoms. The number of aryl methyl sites for hydroxylation is 1. The zero-order valence-electron chi connectivity index (χ0n) is 13.2. The van der Waals surface area contributed by atoms with Gasteiger partial charge in [0.05, 0.1) is 0 Å². The van der Waals surface area contributed by atoms with Crippen molar-refractivity contribution < 1.29 is 0 Å². The lowest BCUT2D eigenvalue weighted by Gasteiger charge is -2.25. The van der Waals surface area contributed by atoms with E-state index in [9.17, 15) is 0 Å². The Morgan fingerprint density at radius 1 is 1.30 bits per heavy atom. The summed E-state index contributed by atoms with van der Waals surface area (Å²) >= 11 is 1.96. The quantitative estimate of drug-likeness (QED) is 0.752. The van der Waals surface area contributed by atoms with Crippen molar-refractivity contribution in [1.82, 2.24) is 5.32 Å². The van der Waals surface area contributed by atoms with Gasteiger partial charge in [0.2, 0.25) is 0 Å². The number of hydrogen-bond donors (Lipinski definition) is 1. The van der Waals surface area contributed by atoms with Crippen molar-refractivity contribution in [2.75, 3.05) is 6.54 Å². The van der Waals surface area contributed by atoms with E-state index in [-0.39, 0.29) is 0 Å². The highest BCUT2D eigenvalue weighted by atomic mass is 32.1. The maximum absolute atomic E-state index is 3.62. The molecule has 0 aliphatic heterocycles. The fraction of sp³-hybridized carbons (Fsp3) is 0.667. The van der Waals surface area contributed by atoms with Crippen molar-refractivity contribution in [1.29, 1.82) is 0 Å². The summed E-state index contributed by atoms with van der Waals surface area (Å²) in [5.74, 6) is 0.808. The molecule has 1 aromatic rings. The molecule has 1 nitrogen and oxygen atoms in total. The van der Waals surface area contributed by atoms with Crippen molar-refractivity contribution in [2.45, 2.75) is 65.3 Å². The van der Waals surface area contributed by atoms with Crippen LogP contribution in [0.15, 0.2) is 17.7 Å². The van der Waals surface area contributed by atoms with Gasteiger partial charge in [-0.25, -0.2) is 0 Å². The van der Waals surface area contributed by atoms with Crippen molar-refractivity contribution >= 4 is 17.4 Å². The first kappa shape index (κ1) is 15.8. The van der Waals surface area contributed by atoms with E-state index in [2.05, 4.69) is 44.3 Å². The molecule has 2 rings (SSSR count). The van der Waals surface area contributed by atoms with Gasteiger partial charge in [-0.2, -0.15) is 0 Å². The van der Waals surface area contributed by atoms with Gasteiger partial charge in [-0.3, -0.25) is 0 Å². The summed E-state index contributed by atoms with van der Waals surface area (Å²) in [6, 6.07) is 5.14. The Hall–Kier alpha value is -0.600. The third-order valence-corrected chi connectivity index (χ3v) is 5.38. The Labute approximate surface area is 128 Å². The normalized spacial score (nSPS) is 17.9. The molecule has 0 radical (unpaired) electrons. The van der Waals surface area contributed by atoms with Crippen LogP contribution < -0.4 is 5.32 Å². The van der Waals surface area contributed by atoms with Gasteiger partial charge in [0.25, 0.3) is 0 Å². The summed E-state index contributed by atoms with van der Waals surface area (Å²) in [6.07, 6.45) is 10.6. The minimum absolute atomic E-state index is 0.566. The molecule has 0 amide bonds. The molecule has 1 heterocycles. The summed E-state index contributed by atoms with van der Waals surface area (Å²) in [5, 5.41) is 3.62. The van der Waals surface area contributed by atoms with Crippen LogP contribution in [0.1, 0.15) is 62.6 Å². The molecule has 112 valence electrons. The van der Waals surface area contributed by atoms with Gasteiger partial charge in [-0.1, -0.05) is 45.6 Å². The minimum atomic E-state index is 0.566. The number of hydrogen-bond acceptors (Lipinski definition) is 2. The number of rotatable bonds is 6. The van der Waals surface area contributed by atoms with Crippen molar-refractivity contribution in [3.63, 3.8) is 0 Å². The Morgan fingerprint density at radius 2 is 2.05 bits per heavy atom. The third-order valence-electron chi connectivity index (χ3n) is 4.20. The Morgan fingerprint density at radius 3 is 2.65 bits per heavy atom. The second-order valence-electron chi connectivity index (χ2n) is 6.25. The molecule has 0 saturated heterocycles. The van der Waals surface area contributed by atoms with Crippen molar-refractivity contribution in [3.8, 4) is 0 Å². The lowest BCUT2D eigenvalue weighted by Crippen LogP contribution is -2.27. The first-order valence-corrected chi connectivity index (χ1v) is 9.03. The SMILES string of the molecule is CCc1ccc(/C=C(/CNC(C)C)C2CCCCC2)s1. The average molecular weight is 292 g/mol. The molecule has 1 fully saturated rings. The summed E-state index contributed by atoms with van der Waals surface area (Å²) in [5.41, 5.74) is 1.63. The van der Waals surface area contributed by atoms with E-state index >= 15 is 0 Å². The van der Waals surface area contributed by atoms with Gasteiger partial charge >= 0.3 is 0 Å². The average Bonchev–Trinajstić information content (AvgIpc) is 2.92. The van der Waals surface area contributed by atoms with Crippen LogP contribution in [0, 0.1) is 5.92 Å². The van der Waals surface area contributed by atoms with Crippen LogP contribution in [-0.4, -0.2) is 12.6 Å². The van der Waals surface area contributed by atoms with E-state index in [1.807, 2.05) is 11.3 Å². The summed E-state index contributed by atoms with van der Waals surface area (Å²) in [6.45, 7) is 7.76. The Balaban J connectivity index is 2.10. The number of thiophene rings is 1. The molecule has 1 aliphatic rings. The maximum Gasteiger partial charge on any atom is 0.0273 e. The van der Waals surface area contributed by atoms with Gasteiger partial charge in [-0.05, 0) is 43.4 Å². The molecule has 1 aliphatic carbocycles. The van der Waals surface area contributed by atoms with E-state index < -0.39 is 0 Å². The molecule has 20 heavy (non-hydrogen) atoms.